The molecule has 0 spiro atoms. The van der Waals surface area contributed by atoms with Crippen LogP contribution < -0.4 is 5.32 Å². The normalized spacial score (nSPS) is 25.6. The highest BCUT2D eigenvalue weighted by Crippen LogP contribution is 2.26. The number of ether oxygens (including phenoxy) is 1. The molecule has 19 heavy (non-hydrogen) atoms. The first kappa shape index (κ1) is 14.9. The van der Waals surface area contributed by atoms with Crippen molar-refractivity contribution in [3.63, 3.8) is 0 Å². The first-order valence-electron chi connectivity index (χ1n) is 6.30. The Morgan fingerprint density at radius 3 is 2.95 bits per heavy atom. The van der Waals surface area contributed by atoms with Crippen molar-refractivity contribution >= 4 is 21.4 Å². The van der Waals surface area contributed by atoms with Gasteiger partial charge in [-0.3, -0.25) is 0 Å². The molecule has 5 nitrogen and oxygen atoms in total. The molecule has 2 atom stereocenters. The fourth-order valence-corrected chi connectivity index (χ4v) is 5.07. The summed E-state index contributed by atoms with van der Waals surface area (Å²) in [6, 6.07) is 1.64. The van der Waals surface area contributed by atoms with E-state index in [-0.39, 0.29) is 12.1 Å². The number of morpholine rings is 1. The topological polar surface area (TPSA) is 58.6 Å². The number of nitrogens with one attached hydrogen (secondary N) is 1. The van der Waals surface area contributed by atoms with Gasteiger partial charge in [0, 0.05) is 29.4 Å². The lowest BCUT2D eigenvalue weighted by atomic mass is 10.2. The highest BCUT2D eigenvalue weighted by atomic mass is 32.2. The molecule has 1 aromatic rings. The summed E-state index contributed by atoms with van der Waals surface area (Å²) in [6.45, 7) is 5.34. The van der Waals surface area contributed by atoms with Gasteiger partial charge in [-0.25, -0.2) is 8.42 Å². The van der Waals surface area contributed by atoms with Crippen LogP contribution in [-0.4, -0.2) is 45.1 Å². The van der Waals surface area contributed by atoms with Crippen LogP contribution in [0, 0.1) is 0 Å². The SMILES string of the molecule is CNCc1cc(S(=O)(=O)N2CC(C)OCC2C)cs1. The van der Waals surface area contributed by atoms with Gasteiger partial charge in [-0.1, -0.05) is 0 Å². The maximum absolute atomic E-state index is 12.6. The molecule has 2 heterocycles. The quantitative estimate of drug-likeness (QED) is 0.910. The minimum absolute atomic E-state index is 0.0543. The molecule has 0 amide bonds. The van der Waals surface area contributed by atoms with Gasteiger partial charge in [0.1, 0.15) is 0 Å². The fraction of sp³-hybridized carbons (Fsp3) is 0.667. The van der Waals surface area contributed by atoms with Crippen LogP contribution in [0.1, 0.15) is 18.7 Å². The molecule has 2 rings (SSSR count). The fourth-order valence-electron chi connectivity index (χ4n) is 2.11. The Labute approximate surface area is 118 Å². The molecule has 1 N–H and O–H groups in total. The standard InChI is InChI=1S/C12H20N2O3S2/c1-9-7-17-10(2)6-14(9)19(15,16)12-4-11(5-13-3)18-8-12/h4,8-10,13H,5-7H2,1-3H3. The van der Waals surface area contributed by atoms with E-state index in [1.165, 1.54) is 11.3 Å². The van der Waals surface area contributed by atoms with Crippen molar-refractivity contribution in [2.75, 3.05) is 20.2 Å². The van der Waals surface area contributed by atoms with Crippen molar-refractivity contribution < 1.29 is 13.2 Å². The van der Waals surface area contributed by atoms with E-state index in [1.54, 1.807) is 15.8 Å². The molecule has 0 radical (unpaired) electrons. The zero-order valence-electron chi connectivity index (χ0n) is 11.4. The largest absolute Gasteiger partial charge is 0.375 e. The van der Waals surface area contributed by atoms with Gasteiger partial charge in [-0.05, 0) is 27.0 Å². The summed E-state index contributed by atoms with van der Waals surface area (Å²) in [6.07, 6.45) is -0.0543. The smallest absolute Gasteiger partial charge is 0.244 e. The molecular formula is C12H20N2O3S2. The first-order valence-corrected chi connectivity index (χ1v) is 8.62. The van der Waals surface area contributed by atoms with E-state index in [0.717, 1.165) is 4.88 Å². The van der Waals surface area contributed by atoms with Gasteiger partial charge in [0.15, 0.2) is 0 Å². The van der Waals surface area contributed by atoms with Crippen molar-refractivity contribution in [3.8, 4) is 0 Å². The third-order valence-electron chi connectivity index (χ3n) is 3.14. The van der Waals surface area contributed by atoms with Gasteiger partial charge >= 0.3 is 0 Å². The Bertz CT molecular complexity index is 527. The molecule has 7 heteroatoms. The van der Waals surface area contributed by atoms with E-state index in [0.29, 0.717) is 24.6 Å². The number of hydrogen-bond donors (Lipinski definition) is 1. The first-order chi connectivity index (χ1) is 8.95. The minimum atomic E-state index is -3.41. The molecule has 1 aromatic heterocycles. The second-order valence-corrected chi connectivity index (χ2v) is 7.73. The molecule has 108 valence electrons. The van der Waals surface area contributed by atoms with E-state index in [4.69, 9.17) is 4.74 Å². The van der Waals surface area contributed by atoms with Crippen LogP contribution in [-0.2, 0) is 21.3 Å². The summed E-state index contributed by atoms with van der Waals surface area (Å²) in [5, 5.41) is 4.74. The minimum Gasteiger partial charge on any atom is -0.375 e. The molecule has 1 aliphatic heterocycles. The molecule has 1 fully saturated rings. The van der Waals surface area contributed by atoms with Gasteiger partial charge < -0.3 is 10.1 Å². The lowest BCUT2D eigenvalue weighted by molar-refractivity contribution is -0.0170. The average Bonchev–Trinajstić information content (AvgIpc) is 2.82. The van der Waals surface area contributed by atoms with Gasteiger partial charge in [-0.2, -0.15) is 4.31 Å². The lowest BCUT2D eigenvalue weighted by Gasteiger charge is -2.35. The van der Waals surface area contributed by atoms with Crippen LogP contribution in [0.3, 0.4) is 0 Å². The number of hydrogen-bond acceptors (Lipinski definition) is 5. The summed E-state index contributed by atoms with van der Waals surface area (Å²) in [5.41, 5.74) is 0. The van der Waals surface area contributed by atoms with Crippen LogP contribution >= 0.6 is 11.3 Å². The Morgan fingerprint density at radius 1 is 1.53 bits per heavy atom. The second-order valence-electron chi connectivity index (χ2n) is 4.85. The molecule has 0 saturated carbocycles. The summed E-state index contributed by atoms with van der Waals surface area (Å²) in [7, 11) is -1.56. The Kier molecular flexibility index (Phi) is 4.62. The molecular weight excluding hydrogens is 284 g/mol. The van der Waals surface area contributed by atoms with Gasteiger partial charge in [0.2, 0.25) is 10.0 Å². The maximum atomic E-state index is 12.6. The van der Waals surface area contributed by atoms with Crippen LogP contribution in [0.25, 0.3) is 0 Å². The van der Waals surface area contributed by atoms with Crippen molar-refractivity contribution in [2.24, 2.45) is 0 Å². The van der Waals surface area contributed by atoms with Crippen LogP contribution in [0.5, 0.6) is 0 Å². The third kappa shape index (κ3) is 3.17. The van der Waals surface area contributed by atoms with E-state index < -0.39 is 10.0 Å². The average molecular weight is 304 g/mol. The highest BCUT2D eigenvalue weighted by Gasteiger charge is 2.34. The Hall–Kier alpha value is -0.470. The number of sulfonamides is 1. The molecule has 0 aliphatic carbocycles. The van der Waals surface area contributed by atoms with Crippen molar-refractivity contribution in [2.45, 2.75) is 37.4 Å². The summed E-state index contributed by atoms with van der Waals surface area (Å²) in [4.78, 5) is 1.42. The molecule has 0 aromatic carbocycles. The molecule has 1 aliphatic rings. The zero-order valence-corrected chi connectivity index (χ0v) is 13.1. The highest BCUT2D eigenvalue weighted by molar-refractivity contribution is 7.89. The Balaban J connectivity index is 2.24. The van der Waals surface area contributed by atoms with Crippen LogP contribution in [0.4, 0.5) is 0 Å². The number of thiophene rings is 1. The Morgan fingerprint density at radius 2 is 2.26 bits per heavy atom. The van der Waals surface area contributed by atoms with E-state index in [9.17, 15) is 8.42 Å². The van der Waals surface area contributed by atoms with Crippen molar-refractivity contribution in [3.05, 3.63) is 16.3 Å². The van der Waals surface area contributed by atoms with Crippen molar-refractivity contribution in [1.82, 2.24) is 9.62 Å². The van der Waals surface area contributed by atoms with E-state index in [2.05, 4.69) is 5.32 Å². The van der Waals surface area contributed by atoms with Gasteiger partial charge in [-0.15, -0.1) is 11.3 Å². The van der Waals surface area contributed by atoms with Crippen LogP contribution in [0.15, 0.2) is 16.3 Å². The zero-order chi connectivity index (χ0) is 14.0. The number of nitrogens with zero attached hydrogens (tertiary/aromatic N) is 1. The molecule has 0 bridgehead atoms. The summed E-state index contributed by atoms with van der Waals surface area (Å²) >= 11 is 1.47. The summed E-state index contributed by atoms with van der Waals surface area (Å²) in [5.74, 6) is 0. The summed E-state index contributed by atoms with van der Waals surface area (Å²) < 4.78 is 32.3. The second kappa shape index (κ2) is 5.88. The van der Waals surface area contributed by atoms with Crippen LogP contribution in [0.2, 0.25) is 0 Å². The third-order valence-corrected chi connectivity index (χ3v) is 6.18. The predicted molar refractivity (Wildman–Crippen MR) is 75.9 cm³/mol. The maximum Gasteiger partial charge on any atom is 0.244 e. The molecule has 1 saturated heterocycles. The molecule has 2 unspecified atom stereocenters. The predicted octanol–water partition coefficient (Wildman–Crippen LogP) is 1.27. The monoisotopic (exact) mass is 304 g/mol. The van der Waals surface area contributed by atoms with Gasteiger partial charge in [0.25, 0.3) is 0 Å². The van der Waals surface area contributed by atoms with E-state index in [1.807, 2.05) is 20.9 Å². The van der Waals surface area contributed by atoms with Gasteiger partial charge in [0.05, 0.1) is 17.6 Å². The van der Waals surface area contributed by atoms with E-state index >= 15 is 0 Å². The van der Waals surface area contributed by atoms with Crippen molar-refractivity contribution in [1.29, 1.82) is 0 Å². The lowest BCUT2D eigenvalue weighted by Crippen LogP contribution is -2.49. The number of rotatable bonds is 4.